The van der Waals surface area contributed by atoms with Crippen LogP contribution in [0.2, 0.25) is 0 Å². The molecule has 0 saturated heterocycles. The van der Waals surface area contributed by atoms with Gasteiger partial charge in [0.15, 0.2) is 0 Å². The number of carboxylic acid groups (broad SMARTS) is 1. The monoisotopic (exact) mass is 289 g/mol. The summed E-state index contributed by atoms with van der Waals surface area (Å²) in [5, 5.41) is 12.2. The summed E-state index contributed by atoms with van der Waals surface area (Å²) < 4.78 is 7.55. The van der Waals surface area contributed by atoms with E-state index in [4.69, 9.17) is 9.84 Å². The van der Waals surface area contributed by atoms with Gasteiger partial charge >= 0.3 is 5.97 Å². The first-order chi connectivity index (χ1) is 10.1. The second-order valence-corrected chi connectivity index (χ2v) is 4.80. The quantitative estimate of drug-likeness (QED) is 0.722. The van der Waals surface area contributed by atoms with Crippen LogP contribution in [0.5, 0.6) is 5.75 Å². The Morgan fingerprint density at radius 1 is 1.52 bits per heavy atom. The van der Waals surface area contributed by atoms with Crippen LogP contribution >= 0.6 is 0 Å². The first-order valence-electron chi connectivity index (χ1n) is 6.80. The Labute approximate surface area is 123 Å². The second-order valence-electron chi connectivity index (χ2n) is 4.80. The lowest BCUT2D eigenvalue weighted by Gasteiger charge is -2.14. The number of hydrogen-bond acceptors (Lipinski definition) is 4. The van der Waals surface area contributed by atoms with E-state index in [9.17, 15) is 4.79 Å². The van der Waals surface area contributed by atoms with Gasteiger partial charge < -0.3 is 19.7 Å². The molecular formula is C15H19N3O3. The molecule has 0 amide bonds. The number of hydrogen-bond donors (Lipinski definition) is 2. The summed E-state index contributed by atoms with van der Waals surface area (Å²) in [4.78, 5) is 14.8. The lowest BCUT2D eigenvalue weighted by Crippen LogP contribution is -2.33. The highest BCUT2D eigenvalue weighted by atomic mass is 16.5. The smallest absolute Gasteiger partial charge is 0.335 e. The number of nitrogens with one attached hydrogen (secondary N) is 1. The van der Waals surface area contributed by atoms with Gasteiger partial charge in [-0.1, -0.05) is 6.07 Å². The summed E-state index contributed by atoms with van der Waals surface area (Å²) in [5.74, 6) is -0.383. The van der Waals surface area contributed by atoms with Gasteiger partial charge in [-0.05, 0) is 25.1 Å². The largest absolute Gasteiger partial charge is 0.492 e. The van der Waals surface area contributed by atoms with Gasteiger partial charge in [0.05, 0.1) is 11.9 Å². The van der Waals surface area contributed by atoms with Crippen molar-refractivity contribution < 1.29 is 14.6 Å². The number of ether oxygens (including phenoxy) is 1. The summed E-state index contributed by atoms with van der Waals surface area (Å²) in [6.07, 6.45) is 5.46. The van der Waals surface area contributed by atoms with Crippen LogP contribution in [-0.4, -0.2) is 39.8 Å². The van der Waals surface area contributed by atoms with Crippen LogP contribution < -0.4 is 10.1 Å². The van der Waals surface area contributed by atoms with E-state index >= 15 is 0 Å². The van der Waals surface area contributed by atoms with Crippen molar-refractivity contribution in [2.75, 3.05) is 13.2 Å². The summed E-state index contributed by atoms with van der Waals surface area (Å²) in [6.45, 7) is 4.10. The van der Waals surface area contributed by atoms with E-state index in [0.29, 0.717) is 24.9 Å². The second kappa shape index (κ2) is 7.44. The molecule has 1 aromatic heterocycles. The van der Waals surface area contributed by atoms with Crippen LogP contribution in [-0.2, 0) is 6.54 Å². The van der Waals surface area contributed by atoms with Crippen molar-refractivity contribution in [1.82, 2.24) is 14.9 Å². The zero-order valence-electron chi connectivity index (χ0n) is 11.9. The molecule has 1 atom stereocenters. The molecule has 2 aromatic rings. The van der Waals surface area contributed by atoms with Crippen LogP contribution in [0.3, 0.4) is 0 Å². The van der Waals surface area contributed by atoms with Gasteiger partial charge in [-0.3, -0.25) is 0 Å². The molecule has 112 valence electrons. The Balaban J connectivity index is 1.69. The lowest BCUT2D eigenvalue weighted by molar-refractivity contribution is 0.0696. The normalized spacial score (nSPS) is 12.0. The van der Waals surface area contributed by atoms with E-state index in [-0.39, 0.29) is 5.56 Å². The van der Waals surface area contributed by atoms with Gasteiger partial charge in [-0.2, -0.15) is 0 Å². The highest BCUT2D eigenvalue weighted by Crippen LogP contribution is 2.12. The van der Waals surface area contributed by atoms with E-state index in [2.05, 4.69) is 17.2 Å². The standard InChI is InChI=1S/C15H19N3O3/c1-12(10-18-7-5-16-11-18)17-6-8-21-14-4-2-3-13(9-14)15(19)20/h2-5,7,9,11-12,17H,6,8,10H2,1H3,(H,19,20). The first kappa shape index (κ1) is 15.1. The van der Waals surface area contributed by atoms with Crippen molar-refractivity contribution in [2.24, 2.45) is 0 Å². The molecule has 0 radical (unpaired) electrons. The maximum absolute atomic E-state index is 10.8. The molecule has 0 aliphatic heterocycles. The Morgan fingerprint density at radius 3 is 3.10 bits per heavy atom. The average molecular weight is 289 g/mol. The van der Waals surface area contributed by atoms with Crippen molar-refractivity contribution in [3.8, 4) is 5.75 Å². The Bertz CT molecular complexity index is 569. The summed E-state index contributed by atoms with van der Waals surface area (Å²) in [6, 6.07) is 6.79. The predicted octanol–water partition coefficient (Wildman–Crippen LogP) is 1.64. The van der Waals surface area contributed by atoms with Gasteiger partial charge in [-0.15, -0.1) is 0 Å². The molecule has 2 rings (SSSR count). The van der Waals surface area contributed by atoms with Crippen molar-refractivity contribution in [1.29, 1.82) is 0 Å². The topological polar surface area (TPSA) is 76.4 Å². The van der Waals surface area contributed by atoms with E-state index < -0.39 is 5.97 Å². The molecule has 1 unspecified atom stereocenters. The maximum atomic E-state index is 10.8. The molecule has 2 N–H and O–H groups in total. The Morgan fingerprint density at radius 2 is 2.38 bits per heavy atom. The van der Waals surface area contributed by atoms with Gasteiger partial charge in [0, 0.05) is 31.5 Å². The van der Waals surface area contributed by atoms with E-state index in [1.165, 1.54) is 6.07 Å². The van der Waals surface area contributed by atoms with Gasteiger partial charge in [0.25, 0.3) is 0 Å². The third kappa shape index (κ3) is 4.92. The molecule has 6 nitrogen and oxygen atoms in total. The van der Waals surface area contributed by atoms with Crippen LogP contribution in [0, 0.1) is 0 Å². The maximum Gasteiger partial charge on any atom is 0.335 e. The van der Waals surface area contributed by atoms with Gasteiger partial charge in [0.2, 0.25) is 0 Å². The number of carboxylic acids is 1. The molecule has 0 saturated carbocycles. The number of rotatable bonds is 8. The fourth-order valence-electron chi connectivity index (χ4n) is 1.97. The minimum Gasteiger partial charge on any atom is -0.492 e. The van der Waals surface area contributed by atoms with Gasteiger partial charge in [-0.25, -0.2) is 9.78 Å². The minimum absolute atomic E-state index is 0.230. The number of imidazole rings is 1. The fourth-order valence-corrected chi connectivity index (χ4v) is 1.97. The van der Waals surface area contributed by atoms with E-state index in [1.54, 1.807) is 30.7 Å². The molecule has 6 heteroatoms. The number of nitrogens with zero attached hydrogens (tertiary/aromatic N) is 2. The molecule has 1 aromatic carbocycles. The third-order valence-corrected chi connectivity index (χ3v) is 2.99. The fraction of sp³-hybridized carbons (Fsp3) is 0.333. The molecule has 0 aliphatic carbocycles. The highest BCUT2D eigenvalue weighted by molar-refractivity contribution is 5.87. The molecule has 0 fully saturated rings. The van der Waals surface area contributed by atoms with Crippen LogP contribution in [0.1, 0.15) is 17.3 Å². The van der Waals surface area contributed by atoms with E-state index in [1.807, 2.05) is 10.8 Å². The van der Waals surface area contributed by atoms with Crippen LogP contribution in [0.4, 0.5) is 0 Å². The lowest BCUT2D eigenvalue weighted by atomic mass is 10.2. The molecular weight excluding hydrogens is 270 g/mol. The number of benzene rings is 1. The molecule has 1 heterocycles. The van der Waals surface area contributed by atoms with E-state index in [0.717, 1.165) is 6.54 Å². The van der Waals surface area contributed by atoms with Gasteiger partial charge in [0.1, 0.15) is 12.4 Å². The average Bonchev–Trinajstić information content (AvgIpc) is 2.97. The molecule has 0 aliphatic rings. The zero-order chi connectivity index (χ0) is 15.1. The Kier molecular flexibility index (Phi) is 5.34. The minimum atomic E-state index is -0.951. The van der Waals surface area contributed by atoms with Crippen molar-refractivity contribution >= 4 is 5.97 Å². The van der Waals surface area contributed by atoms with Crippen molar-refractivity contribution in [2.45, 2.75) is 19.5 Å². The summed E-state index contributed by atoms with van der Waals surface area (Å²) >= 11 is 0. The SMILES string of the molecule is CC(Cn1ccnc1)NCCOc1cccc(C(=O)O)c1. The van der Waals surface area contributed by atoms with Crippen molar-refractivity contribution in [3.63, 3.8) is 0 Å². The zero-order valence-corrected chi connectivity index (χ0v) is 11.9. The first-order valence-corrected chi connectivity index (χ1v) is 6.80. The Hall–Kier alpha value is -2.34. The van der Waals surface area contributed by atoms with Crippen LogP contribution in [0.25, 0.3) is 0 Å². The summed E-state index contributed by atoms with van der Waals surface area (Å²) in [5.41, 5.74) is 0.230. The molecule has 21 heavy (non-hydrogen) atoms. The van der Waals surface area contributed by atoms with Crippen LogP contribution in [0.15, 0.2) is 43.0 Å². The third-order valence-electron chi connectivity index (χ3n) is 2.99. The molecule has 0 bridgehead atoms. The number of aromatic nitrogens is 2. The predicted molar refractivity (Wildman–Crippen MR) is 78.6 cm³/mol. The summed E-state index contributed by atoms with van der Waals surface area (Å²) in [7, 11) is 0. The van der Waals surface area contributed by atoms with Crippen molar-refractivity contribution in [3.05, 3.63) is 48.5 Å². The highest BCUT2D eigenvalue weighted by Gasteiger charge is 2.04. The number of carbonyl (C=O) groups is 1. The molecule has 0 spiro atoms. The number of aromatic carboxylic acids is 1.